The molecule has 0 spiro atoms. The van der Waals surface area contributed by atoms with E-state index in [1.54, 1.807) is 6.07 Å². The van der Waals surface area contributed by atoms with Crippen molar-refractivity contribution in [1.29, 1.82) is 0 Å². The highest BCUT2D eigenvalue weighted by Gasteiger charge is 2.09. The molecule has 88 valence electrons. The van der Waals surface area contributed by atoms with Gasteiger partial charge >= 0.3 is 5.97 Å². The summed E-state index contributed by atoms with van der Waals surface area (Å²) in [5, 5.41) is 20.4. The van der Waals surface area contributed by atoms with Crippen LogP contribution in [0.5, 0.6) is 0 Å². The van der Waals surface area contributed by atoms with Gasteiger partial charge in [-0.1, -0.05) is 0 Å². The van der Waals surface area contributed by atoms with Gasteiger partial charge in [-0.05, 0) is 34.1 Å². The summed E-state index contributed by atoms with van der Waals surface area (Å²) < 4.78 is 13.4. The number of aliphatic hydroxyl groups is 1. The van der Waals surface area contributed by atoms with Crippen molar-refractivity contribution in [3.8, 4) is 0 Å². The Bertz CT molecular complexity index is 386. The second kappa shape index (κ2) is 5.81. The summed E-state index contributed by atoms with van der Waals surface area (Å²) in [4.78, 5) is 10.3. The smallest absolute Gasteiger partial charge is 0.306 e. The van der Waals surface area contributed by atoms with E-state index in [0.29, 0.717) is 10.2 Å². The van der Waals surface area contributed by atoms with Gasteiger partial charge in [0.15, 0.2) is 0 Å². The Hall–Kier alpha value is -1.14. The number of halogens is 2. The van der Waals surface area contributed by atoms with Crippen LogP contribution in [0.1, 0.15) is 6.42 Å². The first-order valence-electron chi connectivity index (χ1n) is 4.58. The molecule has 0 saturated carbocycles. The fraction of sp³-hybridized carbons (Fsp3) is 0.300. The number of carbonyl (C=O) groups is 1. The second-order valence-electron chi connectivity index (χ2n) is 3.26. The molecular weight excluding hydrogens is 281 g/mol. The van der Waals surface area contributed by atoms with E-state index < -0.39 is 17.9 Å². The van der Waals surface area contributed by atoms with Crippen LogP contribution in [0.15, 0.2) is 22.7 Å². The zero-order valence-electron chi connectivity index (χ0n) is 8.28. The van der Waals surface area contributed by atoms with Crippen LogP contribution in [0.3, 0.4) is 0 Å². The number of hydrogen-bond acceptors (Lipinski definition) is 3. The Morgan fingerprint density at radius 1 is 1.56 bits per heavy atom. The molecule has 0 aliphatic carbocycles. The Kier molecular flexibility index (Phi) is 4.70. The third kappa shape index (κ3) is 4.16. The molecular formula is C10H11BrFNO3. The lowest BCUT2D eigenvalue weighted by molar-refractivity contribution is -0.138. The molecule has 0 fully saturated rings. The second-order valence-corrected chi connectivity index (χ2v) is 4.12. The molecule has 0 aliphatic heterocycles. The Morgan fingerprint density at radius 2 is 2.25 bits per heavy atom. The lowest BCUT2D eigenvalue weighted by atomic mass is 10.2. The molecule has 1 rings (SSSR count). The molecule has 4 nitrogen and oxygen atoms in total. The van der Waals surface area contributed by atoms with Gasteiger partial charge in [-0.2, -0.15) is 0 Å². The summed E-state index contributed by atoms with van der Waals surface area (Å²) >= 11 is 3.01. The highest BCUT2D eigenvalue weighted by atomic mass is 79.9. The first kappa shape index (κ1) is 12.9. The molecule has 0 aromatic heterocycles. The lowest BCUT2D eigenvalue weighted by Gasteiger charge is -2.11. The average Bonchev–Trinajstić information content (AvgIpc) is 2.19. The number of aliphatic hydroxyl groups excluding tert-OH is 1. The normalized spacial score (nSPS) is 12.2. The number of benzene rings is 1. The molecule has 0 amide bonds. The molecule has 0 aliphatic rings. The summed E-state index contributed by atoms with van der Waals surface area (Å²) in [6.45, 7) is 0.0629. The van der Waals surface area contributed by atoms with Gasteiger partial charge in [0.25, 0.3) is 0 Å². The molecule has 0 radical (unpaired) electrons. The summed E-state index contributed by atoms with van der Waals surface area (Å²) in [6, 6.07) is 4.42. The van der Waals surface area contributed by atoms with Crippen molar-refractivity contribution in [3.63, 3.8) is 0 Å². The van der Waals surface area contributed by atoms with Gasteiger partial charge in [-0.25, -0.2) is 4.39 Å². The lowest BCUT2D eigenvalue weighted by Crippen LogP contribution is -2.22. The Labute approximate surface area is 100 Å². The van der Waals surface area contributed by atoms with Crippen LogP contribution < -0.4 is 5.32 Å². The maximum Gasteiger partial charge on any atom is 0.306 e. The van der Waals surface area contributed by atoms with E-state index in [-0.39, 0.29) is 13.0 Å². The molecule has 0 heterocycles. The molecule has 1 atom stereocenters. The minimum Gasteiger partial charge on any atom is -0.481 e. The molecule has 1 aromatic carbocycles. The van der Waals surface area contributed by atoms with Crippen LogP contribution in [0.4, 0.5) is 10.1 Å². The minimum absolute atomic E-state index is 0.0629. The van der Waals surface area contributed by atoms with Gasteiger partial charge in [0.2, 0.25) is 0 Å². The van der Waals surface area contributed by atoms with E-state index in [2.05, 4.69) is 21.2 Å². The molecule has 1 unspecified atom stereocenters. The summed E-state index contributed by atoms with van der Waals surface area (Å²) in [6.07, 6.45) is -1.34. The van der Waals surface area contributed by atoms with Crippen molar-refractivity contribution >= 4 is 27.6 Å². The van der Waals surface area contributed by atoms with Crippen molar-refractivity contribution in [2.24, 2.45) is 0 Å². The summed E-state index contributed by atoms with van der Waals surface area (Å²) in [5.41, 5.74) is 0.491. The minimum atomic E-state index is -1.07. The maximum absolute atomic E-state index is 13.1. The predicted octanol–water partition coefficient (Wildman–Crippen LogP) is 1.84. The standard InChI is InChI=1S/C10H11BrFNO3/c11-8-2-1-6(3-9(8)12)13-5-7(14)4-10(15)16/h1-3,7,13-14H,4-5H2,(H,15,16). The fourth-order valence-electron chi connectivity index (χ4n) is 1.12. The maximum atomic E-state index is 13.1. The molecule has 0 saturated heterocycles. The quantitative estimate of drug-likeness (QED) is 0.774. The third-order valence-electron chi connectivity index (χ3n) is 1.87. The fourth-order valence-corrected chi connectivity index (χ4v) is 1.36. The van der Waals surface area contributed by atoms with Crippen LogP contribution in [0.2, 0.25) is 0 Å². The number of aliphatic carboxylic acids is 1. The number of carboxylic acid groups (broad SMARTS) is 1. The average molecular weight is 292 g/mol. The van der Waals surface area contributed by atoms with E-state index in [1.165, 1.54) is 12.1 Å². The van der Waals surface area contributed by atoms with Crippen molar-refractivity contribution in [1.82, 2.24) is 0 Å². The van der Waals surface area contributed by atoms with Gasteiger partial charge in [0.05, 0.1) is 17.0 Å². The monoisotopic (exact) mass is 291 g/mol. The first-order valence-corrected chi connectivity index (χ1v) is 5.37. The van der Waals surface area contributed by atoms with Gasteiger partial charge in [-0.3, -0.25) is 4.79 Å². The van der Waals surface area contributed by atoms with Crippen LogP contribution in [0.25, 0.3) is 0 Å². The zero-order chi connectivity index (χ0) is 12.1. The van der Waals surface area contributed by atoms with E-state index in [1.807, 2.05) is 0 Å². The van der Waals surface area contributed by atoms with Crippen molar-refractivity contribution in [3.05, 3.63) is 28.5 Å². The largest absolute Gasteiger partial charge is 0.481 e. The van der Waals surface area contributed by atoms with E-state index in [9.17, 15) is 14.3 Å². The number of hydrogen-bond donors (Lipinski definition) is 3. The highest BCUT2D eigenvalue weighted by Crippen LogP contribution is 2.19. The Balaban J connectivity index is 2.48. The number of anilines is 1. The first-order chi connectivity index (χ1) is 7.49. The molecule has 16 heavy (non-hydrogen) atoms. The van der Waals surface area contributed by atoms with E-state index in [0.717, 1.165) is 0 Å². The topological polar surface area (TPSA) is 69.6 Å². The van der Waals surface area contributed by atoms with Crippen LogP contribution in [-0.4, -0.2) is 28.8 Å². The van der Waals surface area contributed by atoms with E-state index >= 15 is 0 Å². The number of nitrogens with one attached hydrogen (secondary N) is 1. The van der Waals surface area contributed by atoms with Crippen molar-refractivity contribution < 1.29 is 19.4 Å². The van der Waals surface area contributed by atoms with Gasteiger partial charge in [0.1, 0.15) is 5.82 Å². The third-order valence-corrected chi connectivity index (χ3v) is 2.51. The Morgan fingerprint density at radius 3 is 2.81 bits per heavy atom. The SMILES string of the molecule is O=C(O)CC(O)CNc1ccc(Br)c(F)c1. The highest BCUT2D eigenvalue weighted by molar-refractivity contribution is 9.10. The van der Waals surface area contributed by atoms with Crippen LogP contribution >= 0.6 is 15.9 Å². The molecule has 6 heteroatoms. The number of rotatable bonds is 5. The number of carboxylic acids is 1. The molecule has 3 N–H and O–H groups in total. The summed E-state index contributed by atoms with van der Waals surface area (Å²) in [5.74, 6) is -1.49. The molecule has 0 bridgehead atoms. The van der Waals surface area contributed by atoms with Gasteiger partial charge < -0.3 is 15.5 Å². The predicted molar refractivity (Wildman–Crippen MR) is 60.8 cm³/mol. The molecule has 1 aromatic rings. The summed E-state index contributed by atoms with van der Waals surface area (Å²) in [7, 11) is 0. The van der Waals surface area contributed by atoms with Gasteiger partial charge in [-0.15, -0.1) is 0 Å². The van der Waals surface area contributed by atoms with E-state index in [4.69, 9.17) is 5.11 Å². The van der Waals surface area contributed by atoms with Crippen LogP contribution in [0, 0.1) is 5.82 Å². The van der Waals surface area contributed by atoms with Crippen LogP contribution in [-0.2, 0) is 4.79 Å². The van der Waals surface area contributed by atoms with Gasteiger partial charge in [0, 0.05) is 12.2 Å². The zero-order valence-corrected chi connectivity index (χ0v) is 9.87. The van der Waals surface area contributed by atoms with Crippen molar-refractivity contribution in [2.75, 3.05) is 11.9 Å². The van der Waals surface area contributed by atoms with Crippen molar-refractivity contribution in [2.45, 2.75) is 12.5 Å².